The van der Waals surface area contributed by atoms with E-state index in [0.717, 1.165) is 55.7 Å². The minimum Gasteiger partial charge on any atom is -0.456 e. The minimum atomic E-state index is 0.885. The third-order valence-corrected chi connectivity index (χ3v) is 9.66. The zero-order chi connectivity index (χ0) is 34.7. The molecule has 0 aliphatic heterocycles. The number of furan rings is 1. The maximum atomic E-state index is 6.19. The predicted octanol–water partition coefficient (Wildman–Crippen LogP) is 13.7. The first-order valence-electron chi connectivity index (χ1n) is 17.7. The summed E-state index contributed by atoms with van der Waals surface area (Å²) in [5.41, 5.74) is 14.4. The third-order valence-electron chi connectivity index (χ3n) is 9.66. The molecule has 8 aromatic carbocycles. The Balaban J connectivity index is 1.20. The fourth-order valence-corrected chi connectivity index (χ4v) is 7.28. The van der Waals surface area contributed by atoms with Gasteiger partial charge in [-0.2, -0.15) is 0 Å². The lowest BCUT2D eigenvalue weighted by atomic mass is 9.85. The van der Waals surface area contributed by atoms with Crippen molar-refractivity contribution in [1.82, 2.24) is 0 Å². The summed E-state index contributed by atoms with van der Waals surface area (Å²) in [5, 5.41) is 2.22. The summed E-state index contributed by atoms with van der Waals surface area (Å²) < 4.78 is 6.19. The van der Waals surface area contributed by atoms with E-state index in [-0.39, 0.29) is 0 Å². The van der Waals surface area contributed by atoms with Gasteiger partial charge in [0.2, 0.25) is 0 Å². The Morgan fingerprint density at radius 1 is 0.308 bits per heavy atom. The molecule has 0 bridgehead atoms. The Labute approximate surface area is 304 Å². The van der Waals surface area contributed by atoms with E-state index in [1.54, 1.807) is 0 Å². The molecular weight excluding hydrogens is 631 g/mol. The van der Waals surface area contributed by atoms with E-state index in [1.807, 2.05) is 12.1 Å². The SMILES string of the molecule is c1ccc(C(=C(c2ccccc2)c2cccc(-c3cccc(N(c4ccccc4)c4ccc5oc6ccccc6c5c4)c3)c2)c2ccccc2)cc1. The molecule has 0 atom stereocenters. The second kappa shape index (κ2) is 13.8. The van der Waals surface area contributed by atoms with Gasteiger partial charge in [-0.3, -0.25) is 0 Å². The molecule has 52 heavy (non-hydrogen) atoms. The molecule has 0 saturated heterocycles. The van der Waals surface area contributed by atoms with Gasteiger partial charge in [-0.15, -0.1) is 0 Å². The molecule has 0 N–H and O–H groups in total. The number of rotatable bonds is 8. The molecule has 1 aromatic heterocycles. The molecule has 1 heterocycles. The van der Waals surface area contributed by atoms with Gasteiger partial charge in [0.25, 0.3) is 0 Å². The van der Waals surface area contributed by atoms with Gasteiger partial charge in [0.15, 0.2) is 0 Å². The summed E-state index contributed by atoms with van der Waals surface area (Å²) in [5.74, 6) is 0. The van der Waals surface area contributed by atoms with Crippen LogP contribution in [0.5, 0.6) is 0 Å². The fraction of sp³-hybridized carbons (Fsp3) is 0. The van der Waals surface area contributed by atoms with E-state index in [2.05, 4.69) is 205 Å². The lowest BCUT2D eigenvalue weighted by Crippen LogP contribution is -2.09. The lowest BCUT2D eigenvalue weighted by Gasteiger charge is -2.26. The number of nitrogens with zero attached hydrogens (tertiary/aromatic N) is 1. The molecule has 2 heteroatoms. The number of anilines is 3. The Hall–Kier alpha value is -6.90. The van der Waals surface area contributed by atoms with Gasteiger partial charge in [0.05, 0.1) is 0 Å². The summed E-state index contributed by atoms with van der Waals surface area (Å²) in [4.78, 5) is 2.33. The number of benzene rings is 8. The van der Waals surface area contributed by atoms with E-state index in [9.17, 15) is 0 Å². The van der Waals surface area contributed by atoms with Crippen LogP contribution >= 0.6 is 0 Å². The second-order valence-electron chi connectivity index (χ2n) is 12.9. The van der Waals surface area contributed by atoms with Crippen LogP contribution in [-0.2, 0) is 0 Å². The molecule has 0 saturated carbocycles. The molecular formula is C50H35NO. The van der Waals surface area contributed by atoms with Crippen LogP contribution < -0.4 is 4.90 Å². The molecule has 246 valence electrons. The van der Waals surface area contributed by atoms with Crippen molar-refractivity contribution in [1.29, 1.82) is 0 Å². The summed E-state index contributed by atoms with van der Waals surface area (Å²) >= 11 is 0. The van der Waals surface area contributed by atoms with E-state index in [0.29, 0.717) is 0 Å². The number of hydrogen-bond acceptors (Lipinski definition) is 2. The fourth-order valence-electron chi connectivity index (χ4n) is 7.28. The molecule has 9 aromatic rings. The number of para-hydroxylation sites is 2. The van der Waals surface area contributed by atoms with Gasteiger partial charge in [-0.25, -0.2) is 0 Å². The van der Waals surface area contributed by atoms with Crippen molar-refractivity contribution in [3.63, 3.8) is 0 Å². The lowest BCUT2D eigenvalue weighted by molar-refractivity contribution is 0.669. The van der Waals surface area contributed by atoms with Crippen molar-refractivity contribution < 1.29 is 4.42 Å². The van der Waals surface area contributed by atoms with Crippen LogP contribution in [0.1, 0.15) is 22.3 Å². The van der Waals surface area contributed by atoms with Gasteiger partial charge in [0, 0.05) is 27.8 Å². The molecule has 0 fully saturated rings. The molecule has 2 nitrogen and oxygen atoms in total. The highest BCUT2D eigenvalue weighted by atomic mass is 16.3. The Kier molecular flexibility index (Phi) is 8.24. The third kappa shape index (κ3) is 5.97. The zero-order valence-electron chi connectivity index (χ0n) is 28.6. The highest BCUT2D eigenvalue weighted by Gasteiger charge is 2.18. The van der Waals surface area contributed by atoms with E-state index in [4.69, 9.17) is 4.42 Å². The first-order chi connectivity index (χ1) is 25.8. The zero-order valence-corrected chi connectivity index (χ0v) is 28.6. The van der Waals surface area contributed by atoms with Crippen LogP contribution in [-0.4, -0.2) is 0 Å². The van der Waals surface area contributed by atoms with Crippen LogP contribution in [0.15, 0.2) is 217 Å². The van der Waals surface area contributed by atoms with Crippen LogP contribution in [0.25, 0.3) is 44.2 Å². The average Bonchev–Trinajstić information content (AvgIpc) is 3.60. The van der Waals surface area contributed by atoms with Crippen molar-refractivity contribution in [3.8, 4) is 11.1 Å². The Morgan fingerprint density at radius 2 is 0.769 bits per heavy atom. The van der Waals surface area contributed by atoms with Crippen molar-refractivity contribution in [2.75, 3.05) is 4.90 Å². The summed E-state index contributed by atoms with van der Waals surface area (Å²) in [6.45, 7) is 0. The Morgan fingerprint density at radius 3 is 1.42 bits per heavy atom. The van der Waals surface area contributed by atoms with Gasteiger partial charge in [0.1, 0.15) is 11.2 Å². The maximum Gasteiger partial charge on any atom is 0.135 e. The van der Waals surface area contributed by atoms with Gasteiger partial charge in [-0.05, 0) is 99.1 Å². The van der Waals surface area contributed by atoms with Gasteiger partial charge < -0.3 is 9.32 Å². The molecule has 0 aliphatic rings. The topological polar surface area (TPSA) is 16.4 Å². The first kappa shape index (κ1) is 31.1. The molecule has 0 amide bonds. The van der Waals surface area contributed by atoms with Crippen LogP contribution in [0.2, 0.25) is 0 Å². The van der Waals surface area contributed by atoms with Crippen molar-refractivity contribution in [2.24, 2.45) is 0 Å². The summed E-state index contributed by atoms with van der Waals surface area (Å²) in [7, 11) is 0. The van der Waals surface area contributed by atoms with Gasteiger partial charge >= 0.3 is 0 Å². The highest BCUT2D eigenvalue weighted by molar-refractivity contribution is 6.07. The average molecular weight is 666 g/mol. The molecule has 0 aliphatic carbocycles. The first-order valence-corrected chi connectivity index (χ1v) is 17.7. The quantitative estimate of drug-likeness (QED) is 0.150. The standard InChI is InChI=1S/C50H35NO/c1-5-17-36(18-6-1)49(37-19-7-2-8-20-37)50(38-21-9-3-10-22-38)41-25-15-23-39(33-41)40-24-16-28-43(34-40)51(42-26-11-4-12-27-42)44-31-32-48-46(35-44)45-29-13-14-30-47(45)52-48/h1-35H. The summed E-state index contributed by atoms with van der Waals surface area (Å²) in [6, 6.07) is 75.4. The summed E-state index contributed by atoms with van der Waals surface area (Å²) in [6.07, 6.45) is 0. The van der Waals surface area contributed by atoms with Gasteiger partial charge in [-0.1, -0.05) is 158 Å². The largest absolute Gasteiger partial charge is 0.456 e. The predicted molar refractivity (Wildman–Crippen MR) is 218 cm³/mol. The molecule has 0 radical (unpaired) electrons. The number of fused-ring (bicyclic) bond motifs is 3. The molecule has 0 unspecified atom stereocenters. The van der Waals surface area contributed by atoms with E-state index in [1.165, 1.54) is 27.8 Å². The minimum absolute atomic E-state index is 0.885. The molecule has 9 rings (SSSR count). The monoisotopic (exact) mass is 665 g/mol. The Bertz CT molecular complexity index is 2620. The maximum absolute atomic E-state index is 6.19. The number of hydrogen-bond donors (Lipinski definition) is 0. The van der Waals surface area contributed by atoms with Crippen molar-refractivity contribution in [3.05, 3.63) is 235 Å². The molecule has 0 spiro atoms. The van der Waals surface area contributed by atoms with E-state index < -0.39 is 0 Å². The van der Waals surface area contributed by atoms with Crippen molar-refractivity contribution >= 4 is 50.1 Å². The van der Waals surface area contributed by atoms with Crippen LogP contribution in [0, 0.1) is 0 Å². The van der Waals surface area contributed by atoms with E-state index >= 15 is 0 Å². The van der Waals surface area contributed by atoms with Crippen LogP contribution in [0.3, 0.4) is 0 Å². The van der Waals surface area contributed by atoms with Crippen molar-refractivity contribution in [2.45, 2.75) is 0 Å². The second-order valence-corrected chi connectivity index (χ2v) is 12.9. The smallest absolute Gasteiger partial charge is 0.135 e. The highest BCUT2D eigenvalue weighted by Crippen LogP contribution is 2.41. The van der Waals surface area contributed by atoms with Crippen LogP contribution in [0.4, 0.5) is 17.1 Å². The normalized spacial score (nSPS) is 11.1.